The number of carbonyl (C=O) groups is 1. The molecule has 0 aliphatic heterocycles. The van der Waals surface area contributed by atoms with Crippen molar-refractivity contribution in [2.75, 3.05) is 7.11 Å². The molecule has 0 amide bonds. The van der Waals surface area contributed by atoms with Crippen LogP contribution in [0.2, 0.25) is 0 Å². The highest BCUT2D eigenvalue weighted by atomic mass is 16.5. The first-order chi connectivity index (χ1) is 5.66. The molecule has 0 saturated heterocycles. The molecule has 0 heterocycles. The minimum Gasteiger partial charge on any atom is -0.869 e. The van der Waals surface area contributed by atoms with E-state index in [4.69, 9.17) is 5.11 Å². The molecule has 0 atom stereocenters. The Kier molecular flexibility index (Phi) is 2.19. The molecule has 4 nitrogen and oxygen atoms in total. The Morgan fingerprint density at radius 3 is 2.75 bits per heavy atom. The van der Waals surface area contributed by atoms with Gasteiger partial charge < -0.3 is 14.9 Å². The summed E-state index contributed by atoms with van der Waals surface area (Å²) in [6, 6.07) is 4.13. The van der Waals surface area contributed by atoms with E-state index in [-0.39, 0.29) is 11.3 Å². The number of carboxylic acid groups (broad SMARTS) is 1. The van der Waals surface area contributed by atoms with Gasteiger partial charge in [0.1, 0.15) is 5.75 Å². The van der Waals surface area contributed by atoms with Crippen LogP contribution in [-0.2, 0) is 0 Å². The predicted octanol–water partition coefficient (Wildman–Crippen LogP) is 0.467. The molecule has 64 valence electrons. The Hall–Kier alpha value is -1.71. The molecule has 0 aromatic heterocycles. The topological polar surface area (TPSA) is 69.6 Å². The number of carboxylic acids is 1. The van der Waals surface area contributed by atoms with E-state index in [1.165, 1.54) is 25.3 Å². The lowest BCUT2D eigenvalue weighted by atomic mass is 10.2. The molecule has 0 bridgehead atoms. The van der Waals surface area contributed by atoms with Crippen LogP contribution in [0.3, 0.4) is 0 Å². The minimum absolute atomic E-state index is 0.0508. The molecule has 0 fully saturated rings. The van der Waals surface area contributed by atoms with Crippen LogP contribution in [-0.4, -0.2) is 18.2 Å². The molecule has 0 radical (unpaired) electrons. The molecule has 0 aliphatic rings. The molecule has 1 rings (SSSR count). The standard InChI is InChI=1S/C8H8O4/c1-12-6-4-2-3-5(7(6)9)8(10)11/h2-4,9H,1H3,(H,10,11)/p-1. The number of aromatic carboxylic acids is 1. The first-order valence-electron chi connectivity index (χ1n) is 3.24. The Morgan fingerprint density at radius 2 is 2.25 bits per heavy atom. The van der Waals surface area contributed by atoms with Crippen molar-refractivity contribution >= 4 is 5.97 Å². The highest BCUT2D eigenvalue weighted by molar-refractivity contribution is 5.91. The molecule has 1 N–H and O–H groups in total. The second kappa shape index (κ2) is 3.13. The highest BCUT2D eigenvalue weighted by Crippen LogP contribution is 2.25. The van der Waals surface area contributed by atoms with E-state index in [9.17, 15) is 9.90 Å². The van der Waals surface area contributed by atoms with Gasteiger partial charge in [0.2, 0.25) is 0 Å². The van der Waals surface area contributed by atoms with Crippen molar-refractivity contribution in [2.24, 2.45) is 0 Å². The lowest BCUT2D eigenvalue weighted by molar-refractivity contribution is -0.270. The average molecular weight is 167 g/mol. The number of hydrogen-bond donors (Lipinski definition) is 1. The van der Waals surface area contributed by atoms with Crippen LogP contribution in [0.1, 0.15) is 10.4 Å². The molecule has 1 aromatic rings. The lowest BCUT2D eigenvalue weighted by Gasteiger charge is -2.14. The summed E-state index contributed by atoms with van der Waals surface area (Å²) in [7, 11) is 1.32. The van der Waals surface area contributed by atoms with E-state index >= 15 is 0 Å². The molecular weight excluding hydrogens is 160 g/mol. The first kappa shape index (κ1) is 8.39. The zero-order valence-corrected chi connectivity index (χ0v) is 6.40. The highest BCUT2D eigenvalue weighted by Gasteiger charge is 2.05. The lowest BCUT2D eigenvalue weighted by Crippen LogP contribution is -2.05. The minimum atomic E-state index is -1.24. The van der Waals surface area contributed by atoms with Crippen LogP contribution >= 0.6 is 0 Å². The Morgan fingerprint density at radius 1 is 1.58 bits per heavy atom. The quantitative estimate of drug-likeness (QED) is 0.694. The Balaban J connectivity index is 3.23. The molecular formula is C8H7O4-. The Labute approximate surface area is 69.0 Å². The van der Waals surface area contributed by atoms with Crippen molar-refractivity contribution in [3.63, 3.8) is 0 Å². The van der Waals surface area contributed by atoms with Crippen LogP contribution in [0.15, 0.2) is 18.2 Å². The second-order valence-corrected chi connectivity index (χ2v) is 2.14. The fourth-order valence-electron chi connectivity index (χ4n) is 0.845. The summed E-state index contributed by atoms with van der Waals surface area (Å²) in [4.78, 5) is 10.4. The fraction of sp³-hybridized carbons (Fsp3) is 0.125. The summed E-state index contributed by atoms with van der Waals surface area (Å²) in [6.07, 6.45) is 0. The van der Waals surface area contributed by atoms with Gasteiger partial charge in [-0.15, -0.1) is 0 Å². The van der Waals surface area contributed by atoms with Crippen molar-refractivity contribution in [3.8, 4) is 11.5 Å². The number of hydrogen-bond acceptors (Lipinski definition) is 3. The zero-order chi connectivity index (χ0) is 9.14. The van der Waals surface area contributed by atoms with E-state index in [2.05, 4.69) is 4.74 Å². The van der Waals surface area contributed by atoms with Crippen molar-refractivity contribution in [3.05, 3.63) is 23.8 Å². The number of para-hydroxylation sites is 1. The summed E-state index contributed by atoms with van der Waals surface area (Å²) in [5.41, 5.74) is -0.269. The molecule has 0 saturated carbocycles. The number of methoxy groups -OCH3 is 1. The van der Waals surface area contributed by atoms with Gasteiger partial charge in [0, 0.05) is 0 Å². The van der Waals surface area contributed by atoms with Crippen LogP contribution in [0.4, 0.5) is 0 Å². The predicted molar refractivity (Wildman–Crippen MR) is 39.4 cm³/mol. The molecule has 0 unspecified atom stereocenters. The molecule has 4 heteroatoms. The molecule has 0 spiro atoms. The third kappa shape index (κ3) is 1.32. The SMILES string of the molecule is COc1cccc(C(=O)O)c1[O-]. The maximum Gasteiger partial charge on any atom is 0.335 e. The van der Waals surface area contributed by atoms with Crippen LogP contribution in [0.25, 0.3) is 0 Å². The summed E-state index contributed by atoms with van der Waals surface area (Å²) in [5, 5.41) is 19.7. The molecule has 1 aromatic carbocycles. The third-order valence-corrected chi connectivity index (χ3v) is 1.43. The van der Waals surface area contributed by atoms with Crippen LogP contribution in [0.5, 0.6) is 11.5 Å². The zero-order valence-electron chi connectivity index (χ0n) is 6.40. The van der Waals surface area contributed by atoms with E-state index in [0.717, 1.165) is 0 Å². The third-order valence-electron chi connectivity index (χ3n) is 1.43. The fourth-order valence-corrected chi connectivity index (χ4v) is 0.845. The second-order valence-electron chi connectivity index (χ2n) is 2.14. The molecule has 12 heavy (non-hydrogen) atoms. The van der Waals surface area contributed by atoms with Crippen molar-refractivity contribution in [1.82, 2.24) is 0 Å². The van der Waals surface area contributed by atoms with Crippen molar-refractivity contribution in [1.29, 1.82) is 0 Å². The van der Waals surface area contributed by atoms with E-state index in [0.29, 0.717) is 0 Å². The summed E-state index contributed by atoms with van der Waals surface area (Å²) in [5.74, 6) is -1.78. The maximum atomic E-state index is 11.1. The number of ether oxygens (including phenoxy) is 1. The normalized spacial score (nSPS) is 9.42. The summed E-state index contributed by atoms with van der Waals surface area (Å²) >= 11 is 0. The van der Waals surface area contributed by atoms with Gasteiger partial charge in [-0.3, -0.25) is 0 Å². The van der Waals surface area contributed by atoms with Gasteiger partial charge in [-0.25, -0.2) is 4.79 Å². The van der Waals surface area contributed by atoms with E-state index in [1.54, 1.807) is 0 Å². The van der Waals surface area contributed by atoms with Gasteiger partial charge >= 0.3 is 5.97 Å². The average Bonchev–Trinajstić information content (AvgIpc) is 2.04. The number of benzene rings is 1. The first-order valence-corrected chi connectivity index (χ1v) is 3.24. The van der Waals surface area contributed by atoms with Crippen molar-refractivity contribution in [2.45, 2.75) is 0 Å². The largest absolute Gasteiger partial charge is 0.869 e. The number of rotatable bonds is 2. The van der Waals surface area contributed by atoms with Gasteiger partial charge in [-0.2, -0.15) is 0 Å². The van der Waals surface area contributed by atoms with E-state index in [1.807, 2.05) is 0 Å². The summed E-state index contributed by atoms with van der Waals surface area (Å²) in [6.45, 7) is 0. The van der Waals surface area contributed by atoms with E-state index < -0.39 is 11.7 Å². The van der Waals surface area contributed by atoms with Crippen molar-refractivity contribution < 1.29 is 19.7 Å². The van der Waals surface area contributed by atoms with Gasteiger partial charge in [-0.1, -0.05) is 11.8 Å². The van der Waals surface area contributed by atoms with Crippen LogP contribution < -0.4 is 9.84 Å². The summed E-state index contributed by atoms with van der Waals surface area (Å²) < 4.78 is 4.66. The smallest absolute Gasteiger partial charge is 0.335 e. The van der Waals surface area contributed by atoms with Gasteiger partial charge in [0.25, 0.3) is 0 Å². The maximum absolute atomic E-state index is 11.1. The van der Waals surface area contributed by atoms with Gasteiger partial charge in [-0.05, 0) is 12.1 Å². The van der Waals surface area contributed by atoms with Gasteiger partial charge in [0.15, 0.2) is 0 Å². The van der Waals surface area contributed by atoms with Crippen LogP contribution in [0, 0.1) is 0 Å². The Bertz CT molecular complexity index is 306. The monoisotopic (exact) mass is 167 g/mol. The molecule has 0 aliphatic carbocycles. The van der Waals surface area contributed by atoms with Gasteiger partial charge in [0.05, 0.1) is 12.7 Å².